The lowest BCUT2D eigenvalue weighted by molar-refractivity contribution is 0.306. The average Bonchev–Trinajstić information content (AvgIpc) is 2.26. The second kappa shape index (κ2) is 5.45. The first-order chi connectivity index (χ1) is 6.79. The van der Waals surface area contributed by atoms with Crippen LogP contribution >= 0.6 is 0 Å². The average molecular weight is 190 g/mol. The number of piperazine rings is 1. The van der Waals surface area contributed by atoms with Gasteiger partial charge in [0.1, 0.15) is 0 Å². The van der Waals surface area contributed by atoms with E-state index in [2.05, 4.69) is 30.0 Å². The highest BCUT2D eigenvalue weighted by Crippen LogP contribution is 2.14. The first-order valence-electron chi connectivity index (χ1n) is 4.89. The van der Waals surface area contributed by atoms with Gasteiger partial charge in [-0.1, -0.05) is 38.0 Å². The minimum atomic E-state index is 1.02. The molecule has 76 valence electrons. The molecule has 0 unspecified atom stereocenters. The van der Waals surface area contributed by atoms with Crippen molar-refractivity contribution in [3.05, 3.63) is 49.2 Å². The first kappa shape index (κ1) is 10.8. The Bertz CT molecular complexity index is 257. The lowest BCUT2D eigenvalue weighted by atomic mass is 10.1. The summed E-state index contributed by atoms with van der Waals surface area (Å²) in [6.45, 7) is 15.6. The van der Waals surface area contributed by atoms with Crippen LogP contribution in [0.5, 0.6) is 0 Å². The highest BCUT2D eigenvalue weighted by molar-refractivity contribution is 5.38. The van der Waals surface area contributed by atoms with E-state index < -0.39 is 0 Å². The van der Waals surface area contributed by atoms with Crippen LogP contribution in [0.1, 0.15) is 0 Å². The molecule has 1 rings (SSSR count). The van der Waals surface area contributed by atoms with Crippen LogP contribution in [0, 0.1) is 0 Å². The molecule has 0 aliphatic carbocycles. The molecule has 0 aromatic carbocycles. The van der Waals surface area contributed by atoms with E-state index >= 15 is 0 Å². The Balaban J connectivity index is 2.65. The highest BCUT2D eigenvalue weighted by Gasteiger charge is 2.12. The molecule has 0 amide bonds. The summed E-state index contributed by atoms with van der Waals surface area (Å²) in [7, 11) is 0. The molecule has 0 spiro atoms. The van der Waals surface area contributed by atoms with Crippen LogP contribution in [0.3, 0.4) is 0 Å². The summed E-state index contributed by atoms with van der Waals surface area (Å²) in [4.78, 5) is 2.27. The predicted molar refractivity (Wildman–Crippen MR) is 62.1 cm³/mol. The highest BCUT2D eigenvalue weighted by atomic mass is 15.2. The fourth-order valence-corrected chi connectivity index (χ4v) is 1.53. The normalized spacial score (nSPS) is 17.7. The molecule has 1 heterocycles. The molecule has 0 aromatic rings. The Morgan fingerprint density at radius 3 is 2.36 bits per heavy atom. The van der Waals surface area contributed by atoms with Gasteiger partial charge in [-0.3, -0.25) is 0 Å². The monoisotopic (exact) mass is 190 g/mol. The Hall–Kier alpha value is -1.28. The Morgan fingerprint density at radius 1 is 1.21 bits per heavy atom. The number of nitrogens with one attached hydrogen (secondary N) is 1. The summed E-state index contributed by atoms with van der Waals surface area (Å²) in [5.74, 6) is 0. The van der Waals surface area contributed by atoms with Crippen molar-refractivity contribution in [1.82, 2.24) is 10.2 Å². The molecule has 0 bridgehead atoms. The van der Waals surface area contributed by atoms with Crippen LogP contribution in [0.25, 0.3) is 0 Å². The minimum absolute atomic E-state index is 1.02. The molecular weight excluding hydrogens is 172 g/mol. The topological polar surface area (TPSA) is 15.3 Å². The third-order valence-corrected chi connectivity index (χ3v) is 2.35. The van der Waals surface area contributed by atoms with Gasteiger partial charge in [-0.15, -0.1) is 0 Å². The zero-order valence-corrected chi connectivity index (χ0v) is 8.63. The second-order valence-electron chi connectivity index (χ2n) is 3.25. The van der Waals surface area contributed by atoms with Gasteiger partial charge in [0.2, 0.25) is 0 Å². The number of hydrogen-bond donors (Lipinski definition) is 1. The van der Waals surface area contributed by atoms with Crippen LogP contribution < -0.4 is 5.32 Å². The summed E-state index contributed by atoms with van der Waals surface area (Å²) in [5.41, 5.74) is 2.10. The SMILES string of the molecule is C=C/C=C(\C=C)C(=C)N1CCNCC1. The maximum atomic E-state index is 4.08. The summed E-state index contributed by atoms with van der Waals surface area (Å²) < 4.78 is 0. The van der Waals surface area contributed by atoms with Crippen LogP contribution in [-0.2, 0) is 0 Å². The van der Waals surface area contributed by atoms with Crippen molar-refractivity contribution in [3.8, 4) is 0 Å². The van der Waals surface area contributed by atoms with E-state index in [9.17, 15) is 0 Å². The van der Waals surface area contributed by atoms with Gasteiger partial charge in [0.05, 0.1) is 0 Å². The van der Waals surface area contributed by atoms with Gasteiger partial charge in [0, 0.05) is 31.9 Å². The maximum absolute atomic E-state index is 4.08. The molecule has 0 radical (unpaired) electrons. The zero-order valence-electron chi connectivity index (χ0n) is 8.63. The fourth-order valence-electron chi connectivity index (χ4n) is 1.53. The molecule has 1 fully saturated rings. The summed E-state index contributed by atoms with van der Waals surface area (Å²) in [6, 6.07) is 0. The first-order valence-corrected chi connectivity index (χ1v) is 4.89. The van der Waals surface area contributed by atoms with E-state index in [0.29, 0.717) is 0 Å². The third-order valence-electron chi connectivity index (χ3n) is 2.35. The molecule has 2 heteroatoms. The van der Waals surface area contributed by atoms with Gasteiger partial charge in [-0.2, -0.15) is 0 Å². The molecule has 1 N–H and O–H groups in total. The van der Waals surface area contributed by atoms with Crippen molar-refractivity contribution in [1.29, 1.82) is 0 Å². The van der Waals surface area contributed by atoms with Gasteiger partial charge in [-0.25, -0.2) is 0 Å². The quantitative estimate of drug-likeness (QED) is 0.679. The van der Waals surface area contributed by atoms with Gasteiger partial charge >= 0.3 is 0 Å². The third kappa shape index (κ3) is 2.60. The molecule has 0 aromatic heterocycles. The molecule has 1 aliphatic heterocycles. The predicted octanol–water partition coefficient (Wildman–Crippen LogP) is 1.70. The minimum Gasteiger partial charge on any atom is -0.369 e. The second-order valence-corrected chi connectivity index (χ2v) is 3.25. The number of hydrogen-bond acceptors (Lipinski definition) is 2. The Kier molecular flexibility index (Phi) is 4.20. The van der Waals surface area contributed by atoms with Crippen LogP contribution in [0.4, 0.5) is 0 Å². The fraction of sp³-hybridized carbons (Fsp3) is 0.333. The van der Waals surface area contributed by atoms with Gasteiger partial charge in [0.25, 0.3) is 0 Å². The zero-order chi connectivity index (χ0) is 10.4. The van der Waals surface area contributed by atoms with Crippen molar-refractivity contribution >= 4 is 0 Å². The molecule has 0 saturated carbocycles. The smallest absolute Gasteiger partial charge is 0.0367 e. The summed E-state index contributed by atoms with van der Waals surface area (Å²) in [6.07, 6.45) is 5.54. The number of rotatable bonds is 4. The van der Waals surface area contributed by atoms with E-state index in [1.165, 1.54) is 0 Å². The Labute approximate surface area is 86.3 Å². The Morgan fingerprint density at radius 2 is 1.86 bits per heavy atom. The largest absolute Gasteiger partial charge is 0.369 e. The molecule has 1 saturated heterocycles. The van der Waals surface area contributed by atoms with Crippen molar-refractivity contribution in [2.24, 2.45) is 0 Å². The molecule has 1 aliphatic rings. The van der Waals surface area contributed by atoms with Gasteiger partial charge in [-0.05, 0) is 5.57 Å². The standard InChI is InChI=1S/C12H18N2/c1-4-6-12(5-2)11(3)14-9-7-13-8-10-14/h4-6,13H,1-3,7-10H2/b12-6+. The van der Waals surface area contributed by atoms with Crippen molar-refractivity contribution in [2.75, 3.05) is 26.2 Å². The maximum Gasteiger partial charge on any atom is 0.0367 e. The summed E-state index contributed by atoms with van der Waals surface area (Å²) in [5, 5.41) is 3.31. The van der Waals surface area contributed by atoms with Crippen molar-refractivity contribution in [3.63, 3.8) is 0 Å². The van der Waals surface area contributed by atoms with E-state index in [0.717, 1.165) is 37.4 Å². The molecule has 14 heavy (non-hydrogen) atoms. The van der Waals surface area contributed by atoms with Gasteiger partial charge in [0.15, 0.2) is 0 Å². The van der Waals surface area contributed by atoms with E-state index in [1.807, 2.05) is 12.2 Å². The number of nitrogens with zero attached hydrogens (tertiary/aromatic N) is 1. The van der Waals surface area contributed by atoms with E-state index in [-0.39, 0.29) is 0 Å². The van der Waals surface area contributed by atoms with Crippen LogP contribution in [0.15, 0.2) is 49.2 Å². The summed E-state index contributed by atoms with van der Waals surface area (Å²) >= 11 is 0. The molecule has 2 nitrogen and oxygen atoms in total. The molecular formula is C12H18N2. The van der Waals surface area contributed by atoms with Crippen LogP contribution in [0.2, 0.25) is 0 Å². The lowest BCUT2D eigenvalue weighted by Gasteiger charge is -2.31. The van der Waals surface area contributed by atoms with Crippen molar-refractivity contribution < 1.29 is 0 Å². The molecule has 0 atom stereocenters. The van der Waals surface area contributed by atoms with Crippen LogP contribution in [-0.4, -0.2) is 31.1 Å². The van der Waals surface area contributed by atoms with Crippen molar-refractivity contribution in [2.45, 2.75) is 0 Å². The lowest BCUT2D eigenvalue weighted by Crippen LogP contribution is -2.42. The number of allylic oxidation sites excluding steroid dienone is 3. The van der Waals surface area contributed by atoms with E-state index in [1.54, 1.807) is 6.08 Å². The van der Waals surface area contributed by atoms with Gasteiger partial charge < -0.3 is 10.2 Å². The van der Waals surface area contributed by atoms with E-state index in [4.69, 9.17) is 0 Å².